The van der Waals surface area contributed by atoms with E-state index >= 15 is 0 Å². The van der Waals surface area contributed by atoms with E-state index in [9.17, 15) is 5.11 Å². The maximum atomic E-state index is 11.5. The predicted octanol–water partition coefficient (Wildman–Crippen LogP) is 7.97. The van der Waals surface area contributed by atoms with Crippen LogP contribution < -0.4 is 0 Å². The van der Waals surface area contributed by atoms with Crippen LogP contribution in [0.15, 0.2) is 109 Å². The molecule has 0 aromatic heterocycles. The van der Waals surface area contributed by atoms with Gasteiger partial charge in [-0.1, -0.05) is 97.1 Å². The van der Waals surface area contributed by atoms with E-state index in [2.05, 4.69) is 109 Å². The zero-order valence-corrected chi connectivity index (χ0v) is 17.8. The fourth-order valence-corrected chi connectivity index (χ4v) is 5.21. The second-order valence-electron chi connectivity index (χ2n) is 8.58. The molecule has 0 spiro atoms. The van der Waals surface area contributed by atoms with Gasteiger partial charge < -0.3 is 5.11 Å². The lowest BCUT2D eigenvalue weighted by Gasteiger charge is -2.18. The van der Waals surface area contributed by atoms with E-state index in [0.717, 1.165) is 22.8 Å². The van der Waals surface area contributed by atoms with Crippen molar-refractivity contribution in [2.45, 2.75) is 18.9 Å². The van der Waals surface area contributed by atoms with E-state index in [-0.39, 0.29) is 0 Å². The first kappa shape index (κ1) is 19.0. The molecule has 0 heterocycles. The van der Waals surface area contributed by atoms with Crippen LogP contribution in [0.4, 0.5) is 0 Å². The Bertz CT molecular complexity index is 1490. The van der Waals surface area contributed by atoms with Crippen LogP contribution in [0, 0.1) is 0 Å². The molecule has 6 aromatic carbocycles. The van der Waals surface area contributed by atoms with E-state index in [4.69, 9.17) is 0 Å². The van der Waals surface area contributed by atoms with Gasteiger partial charge in [-0.25, -0.2) is 0 Å². The first-order valence-corrected chi connectivity index (χ1v) is 11.3. The quantitative estimate of drug-likeness (QED) is 0.291. The van der Waals surface area contributed by atoms with Crippen LogP contribution in [0.2, 0.25) is 0 Å². The van der Waals surface area contributed by atoms with Crippen molar-refractivity contribution >= 4 is 43.1 Å². The number of aliphatic hydroxyl groups excluding tert-OH is 1. The summed E-state index contributed by atoms with van der Waals surface area (Å²) in [4.78, 5) is 0. The summed E-state index contributed by atoms with van der Waals surface area (Å²) in [6.45, 7) is 0. The summed E-state index contributed by atoms with van der Waals surface area (Å²) >= 11 is 0. The van der Waals surface area contributed by atoms with Crippen molar-refractivity contribution in [3.8, 4) is 0 Å². The average Bonchev–Trinajstić information content (AvgIpc) is 2.84. The van der Waals surface area contributed by atoms with Gasteiger partial charge in [0.2, 0.25) is 0 Å². The molecular formula is C31H24O. The van der Waals surface area contributed by atoms with Gasteiger partial charge in [-0.15, -0.1) is 0 Å². The van der Waals surface area contributed by atoms with Gasteiger partial charge in [0.05, 0.1) is 6.10 Å². The van der Waals surface area contributed by atoms with Gasteiger partial charge in [0.15, 0.2) is 0 Å². The number of aryl methyl sites for hydroxylation is 1. The molecule has 0 saturated heterocycles. The van der Waals surface area contributed by atoms with Gasteiger partial charge in [0.25, 0.3) is 0 Å². The molecule has 1 atom stereocenters. The third-order valence-corrected chi connectivity index (χ3v) is 6.70. The third-order valence-electron chi connectivity index (χ3n) is 6.70. The molecule has 0 saturated carbocycles. The Morgan fingerprint density at radius 2 is 0.875 bits per heavy atom. The van der Waals surface area contributed by atoms with Crippen LogP contribution in [0.5, 0.6) is 0 Å². The van der Waals surface area contributed by atoms with Crippen LogP contribution in [0.1, 0.15) is 23.7 Å². The van der Waals surface area contributed by atoms with Crippen LogP contribution >= 0.6 is 0 Å². The van der Waals surface area contributed by atoms with Gasteiger partial charge in [0.1, 0.15) is 0 Å². The molecule has 1 N–H and O–H groups in total. The molecule has 154 valence electrons. The van der Waals surface area contributed by atoms with Crippen molar-refractivity contribution in [2.24, 2.45) is 0 Å². The van der Waals surface area contributed by atoms with Crippen molar-refractivity contribution in [3.63, 3.8) is 0 Å². The zero-order valence-electron chi connectivity index (χ0n) is 17.8. The van der Waals surface area contributed by atoms with Crippen LogP contribution in [-0.2, 0) is 6.42 Å². The molecule has 6 rings (SSSR count). The van der Waals surface area contributed by atoms with Crippen LogP contribution in [0.25, 0.3) is 43.1 Å². The lowest BCUT2D eigenvalue weighted by molar-refractivity contribution is 0.171. The lowest BCUT2D eigenvalue weighted by Crippen LogP contribution is -2.03. The van der Waals surface area contributed by atoms with Crippen molar-refractivity contribution in [3.05, 3.63) is 120 Å². The minimum atomic E-state index is -0.538. The monoisotopic (exact) mass is 412 g/mol. The smallest absolute Gasteiger partial charge is 0.0805 e. The van der Waals surface area contributed by atoms with E-state index in [1.807, 2.05) is 0 Å². The lowest BCUT2D eigenvalue weighted by atomic mass is 9.89. The number of hydrogen-bond donors (Lipinski definition) is 1. The second kappa shape index (κ2) is 7.78. The Hall–Kier alpha value is -3.68. The summed E-state index contributed by atoms with van der Waals surface area (Å²) in [7, 11) is 0. The molecule has 0 radical (unpaired) electrons. The van der Waals surface area contributed by atoms with Crippen LogP contribution in [-0.4, -0.2) is 5.11 Å². The van der Waals surface area contributed by atoms with Gasteiger partial charge in [-0.05, 0) is 79.2 Å². The Labute approximate surface area is 187 Å². The molecule has 0 aliphatic carbocycles. The molecule has 1 nitrogen and oxygen atoms in total. The summed E-state index contributed by atoms with van der Waals surface area (Å²) in [6, 6.07) is 38.4. The molecule has 32 heavy (non-hydrogen) atoms. The second-order valence-corrected chi connectivity index (χ2v) is 8.58. The summed E-state index contributed by atoms with van der Waals surface area (Å²) in [5.41, 5.74) is 2.37. The highest BCUT2D eigenvalue weighted by Crippen LogP contribution is 2.36. The fourth-order valence-electron chi connectivity index (χ4n) is 5.21. The number of aliphatic hydroxyl groups is 1. The zero-order chi connectivity index (χ0) is 21.5. The summed E-state index contributed by atoms with van der Waals surface area (Å²) < 4.78 is 0. The molecule has 0 aliphatic rings. The fraction of sp³-hybridized carbons (Fsp3) is 0.0968. The maximum Gasteiger partial charge on any atom is 0.0805 e. The Morgan fingerprint density at radius 3 is 1.34 bits per heavy atom. The molecule has 1 heteroatoms. The Balaban J connectivity index is 1.47. The molecule has 0 amide bonds. The van der Waals surface area contributed by atoms with Crippen LogP contribution in [0.3, 0.4) is 0 Å². The van der Waals surface area contributed by atoms with E-state index in [1.54, 1.807) is 0 Å². The average molecular weight is 413 g/mol. The largest absolute Gasteiger partial charge is 0.388 e. The normalized spacial score (nSPS) is 12.7. The van der Waals surface area contributed by atoms with Crippen molar-refractivity contribution < 1.29 is 5.11 Å². The standard InChI is InChI=1S/C31H24O/c32-30(31-27-15-7-3-11-23(27)20-24-12-4-8-16-28(24)31)18-17-29-25-13-5-1-9-21(25)19-22-10-2-6-14-26(22)29/h1-16,19-20,30,32H,17-18H2/t30-/m1/s1. The third kappa shape index (κ3) is 3.14. The van der Waals surface area contributed by atoms with Crippen molar-refractivity contribution in [2.75, 3.05) is 0 Å². The highest BCUT2D eigenvalue weighted by molar-refractivity contribution is 6.03. The van der Waals surface area contributed by atoms with Gasteiger partial charge in [-0.2, -0.15) is 0 Å². The van der Waals surface area contributed by atoms with Gasteiger partial charge in [0, 0.05) is 0 Å². The summed E-state index contributed by atoms with van der Waals surface area (Å²) in [6.07, 6.45) is 0.958. The minimum absolute atomic E-state index is 0.538. The maximum absolute atomic E-state index is 11.5. The highest BCUT2D eigenvalue weighted by Gasteiger charge is 2.17. The first-order valence-electron chi connectivity index (χ1n) is 11.3. The predicted molar refractivity (Wildman–Crippen MR) is 136 cm³/mol. The topological polar surface area (TPSA) is 20.2 Å². The minimum Gasteiger partial charge on any atom is -0.388 e. The van der Waals surface area contributed by atoms with Crippen molar-refractivity contribution in [1.82, 2.24) is 0 Å². The van der Waals surface area contributed by atoms with Gasteiger partial charge >= 0.3 is 0 Å². The number of benzene rings is 6. The van der Waals surface area contributed by atoms with E-state index < -0.39 is 6.10 Å². The van der Waals surface area contributed by atoms with E-state index in [1.165, 1.54) is 37.9 Å². The SMILES string of the molecule is O[C@H](CCc1c2ccccc2cc2ccccc12)c1c2ccccc2cc2ccccc12. The van der Waals surface area contributed by atoms with Crippen molar-refractivity contribution in [1.29, 1.82) is 0 Å². The molecular weight excluding hydrogens is 388 g/mol. The molecule has 0 aliphatic heterocycles. The Morgan fingerprint density at radius 1 is 0.500 bits per heavy atom. The number of hydrogen-bond acceptors (Lipinski definition) is 1. The Kier molecular flexibility index (Phi) is 4.63. The summed E-state index contributed by atoms with van der Waals surface area (Å²) in [5, 5.41) is 21.2. The number of fused-ring (bicyclic) bond motifs is 4. The first-order chi connectivity index (χ1) is 15.8. The molecule has 0 unspecified atom stereocenters. The number of rotatable bonds is 4. The molecule has 0 bridgehead atoms. The molecule has 6 aromatic rings. The van der Waals surface area contributed by atoms with Gasteiger partial charge in [-0.3, -0.25) is 0 Å². The molecule has 0 fully saturated rings. The highest BCUT2D eigenvalue weighted by atomic mass is 16.3. The summed E-state index contributed by atoms with van der Waals surface area (Å²) in [5.74, 6) is 0. The van der Waals surface area contributed by atoms with E-state index in [0.29, 0.717) is 6.42 Å².